The molecule has 0 aliphatic heterocycles. The molecular formula is C15H9F2O. The van der Waals surface area contributed by atoms with Crippen LogP contribution in [0.4, 0.5) is 8.78 Å². The minimum Gasteiger partial charge on any atom is -0.473 e. The van der Waals surface area contributed by atoms with Gasteiger partial charge in [-0.25, -0.2) is 8.78 Å². The van der Waals surface area contributed by atoms with Crippen LogP contribution in [0.3, 0.4) is 0 Å². The van der Waals surface area contributed by atoms with Gasteiger partial charge in [-0.05, 0) is 24.3 Å². The summed E-state index contributed by atoms with van der Waals surface area (Å²) in [5, 5.41) is 0. The lowest BCUT2D eigenvalue weighted by molar-refractivity contribution is 0.257. The van der Waals surface area contributed by atoms with Crippen LogP contribution < -0.4 is 4.74 Å². The van der Waals surface area contributed by atoms with Gasteiger partial charge < -0.3 is 4.74 Å². The fraction of sp³-hybridized carbons (Fsp3) is 0.0667. The van der Waals surface area contributed by atoms with Crippen molar-refractivity contribution in [2.45, 2.75) is 6.10 Å². The highest BCUT2D eigenvalue weighted by atomic mass is 19.2. The first-order valence-electron chi connectivity index (χ1n) is 5.25. The third-order valence-electron chi connectivity index (χ3n) is 2.36. The summed E-state index contributed by atoms with van der Waals surface area (Å²) in [6.07, 6.45) is 4.33. The summed E-state index contributed by atoms with van der Waals surface area (Å²) in [6.45, 7) is 0. The Hall–Kier alpha value is -2.34. The predicted molar refractivity (Wildman–Crippen MR) is 63.8 cm³/mol. The maximum atomic E-state index is 13.6. The van der Waals surface area contributed by atoms with E-state index in [0.29, 0.717) is 5.75 Å². The molecule has 1 nitrogen and oxygen atoms in total. The molecule has 18 heavy (non-hydrogen) atoms. The van der Waals surface area contributed by atoms with Crippen LogP contribution >= 0.6 is 0 Å². The van der Waals surface area contributed by atoms with Crippen molar-refractivity contribution in [2.75, 3.05) is 0 Å². The summed E-state index contributed by atoms with van der Waals surface area (Å²) >= 11 is 0. The lowest BCUT2D eigenvalue weighted by Gasteiger charge is -2.14. The van der Waals surface area contributed by atoms with Crippen molar-refractivity contribution in [2.24, 2.45) is 0 Å². The van der Waals surface area contributed by atoms with Crippen molar-refractivity contribution in [1.82, 2.24) is 0 Å². The van der Waals surface area contributed by atoms with Crippen LogP contribution in [-0.2, 0) is 0 Å². The molecule has 0 saturated carbocycles. The minimum absolute atomic E-state index is 0.00494. The zero-order valence-corrected chi connectivity index (χ0v) is 9.36. The predicted octanol–water partition coefficient (Wildman–Crippen LogP) is 3.52. The molecule has 1 unspecified atom stereocenters. The maximum Gasteiger partial charge on any atom is 0.187 e. The van der Waals surface area contributed by atoms with Crippen LogP contribution in [0.1, 0.15) is 11.7 Å². The molecule has 2 rings (SSSR count). The summed E-state index contributed by atoms with van der Waals surface area (Å²) in [5.74, 6) is 0.838. The molecule has 2 aromatic carbocycles. The molecule has 2 aromatic rings. The molecule has 0 bridgehead atoms. The number of hydrogen-bond donors (Lipinski definition) is 0. The quantitative estimate of drug-likeness (QED) is 0.749. The molecule has 0 N–H and O–H groups in total. The molecule has 1 radical (unpaired) electrons. The third-order valence-corrected chi connectivity index (χ3v) is 2.36. The first-order chi connectivity index (χ1) is 8.72. The SMILES string of the molecule is C#CC(Oc1cc[c]cc1)c1cccc(F)c1F. The molecule has 0 aliphatic carbocycles. The average Bonchev–Trinajstić information content (AvgIpc) is 2.41. The van der Waals surface area contributed by atoms with E-state index in [2.05, 4.69) is 12.0 Å². The number of terminal acetylenes is 1. The van der Waals surface area contributed by atoms with Crippen LogP contribution in [0.15, 0.2) is 42.5 Å². The average molecular weight is 243 g/mol. The van der Waals surface area contributed by atoms with E-state index in [9.17, 15) is 8.78 Å². The van der Waals surface area contributed by atoms with E-state index in [0.717, 1.165) is 6.07 Å². The lowest BCUT2D eigenvalue weighted by Crippen LogP contribution is -2.08. The number of ether oxygens (including phenoxy) is 1. The Kier molecular flexibility index (Phi) is 3.59. The fourth-order valence-corrected chi connectivity index (χ4v) is 1.50. The van der Waals surface area contributed by atoms with Crippen LogP contribution in [0.5, 0.6) is 5.75 Å². The maximum absolute atomic E-state index is 13.6. The van der Waals surface area contributed by atoms with Crippen LogP contribution in [-0.4, -0.2) is 0 Å². The minimum atomic E-state index is -0.983. The monoisotopic (exact) mass is 243 g/mol. The van der Waals surface area contributed by atoms with E-state index in [4.69, 9.17) is 11.2 Å². The Morgan fingerprint density at radius 2 is 1.89 bits per heavy atom. The topological polar surface area (TPSA) is 9.23 Å². The Labute approximate surface area is 104 Å². The zero-order chi connectivity index (χ0) is 13.0. The Bertz CT molecular complexity index is 573. The van der Waals surface area contributed by atoms with E-state index in [1.807, 2.05) is 0 Å². The molecule has 3 heteroatoms. The van der Waals surface area contributed by atoms with Crippen molar-refractivity contribution in [3.8, 4) is 18.1 Å². The number of halogens is 2. The largest absolute Gasteiger partial charge is 0.473 e. The molecule has 89 valence electrons. The van der Waals surface area contributed by atoms with Gasteiger partial charge in [0.15, 0.2) is 17.7 Å². The van der Waals surface area contributed by atoms with Crippen LogP contribution in [0.25, 0.3) is 0 Å². The van der Waals surface area contributed by atoms with Crippen LogP contribution in [0.2, 0.25) is 0 Å². The summed E-state index contributed by atoms with van der Waals surface area (Å²) in [5.41, 5.74) is 0.00494. The third kappa shape index (κ3) is 2.49. The lowest BCUT2D eigenvalue weighted by atomic mass is 10.1. The highest BCUT2D eigenvalue weighted by molar-refractivity contribution is 5.30. The molecule has 0 aromatic heterocycles. The fourth-order valence-electron chi connectivity index (χ4n) is 1.50. The Balaban J connectivity index is 2.30. The summed E-state index contributed by atoms with van der Waals surface area (Å²) in [7, 11) is 0. The van der Waals surface area contributed by atoms with Crippen molar-refractivity contribution in [3.05, 3.63) is 65.7 Å². The van der Waals surface area contributed by atoms with E-state index in [1.54, 1.807) is 24.3 Å². The summed E-state index contributed by atoms with van der Waals surface area (Å²) in [6, 6.07) is 13.2. The van der Waals surface area contributed by atoms with Gasteiger partial charge in [0, 0.05) is 5.56 Å². The van der Waals surface area contributed by atoms with Gasteiger partial charge in [0.05, 0.1) is 0 Å². The molecule has 0 amide bonds. The molecule has 1 atom stereocenters. The second kappa shape index (κ2) is 5.33. The zero-order valence-electron chi connectivity index (χ0n) is 9.36. The van der Waals surface area contributed by atoms with E-state index >= 15 is 0 Å². The highest BCUT2D eigenvalue weighted by Gasteiger charge is 2.17. The Morgan fingerprint density at radius 1 is 1.17 bits per heavy atom. The first-order valence-corrected chi connectivity index (χ1v) is 5.25. The molecule has 0 fully saturated rings. The first kappa shape index (κ1) is 12.1. The van der Waals surface area contributed by atoms with Gasteiger partial charge in [-0.3, -0.25) is 0 Å². The molecular weight excluding hydrogens is 234 g/mol. The van der Waals surface area contributed by atoms with Gasteiger partial charge in [0.2, 0.25) is 0 Å². The van der Waals surface area contributed by atoms with Gasteiger partial charge in [-0.1, -0.05) is 30.2 Å². The van der Waals surface area contributed by atoms with E-state index in [1.165, 1.54) is 12.1 Å². The number of hydrogen-bond acceptors (Lipinski definition) is 1. The van der Waals surface area contributed by atoms with Crippen molar-refractivity contribution >= 4 is 0 Å². The van der Waals surface area contributed by atoms with Crippen molar-refractivity contribution < 1.29 is 13.5 Å². The van der Waals surface area contributed by atoms with E-state index < -0.39 is 17.7 Å². The molecule has 0 saturated heterocycles. The number of rotatable bonds is 3. The number of benzene rings is 2. The molecule has 0 aliphatic rings. The molecule has 0 spiro atoms. The molecule has 0 heterocycles. The van der Waals surface area contributed by atoms with E-state index in [-0.39, 0.29) is 5.56 Å². The van der Waals surface area contributed by atoms with Crippen molar-refractivity contribution in [1.29, 1.82) is 0 Å². The van der Waals surface area contributed by atoms with Crippen molar-refractivity contribution in [3.63, 3.8) is 0 Å². The second-order valence-electron chi connectivity index (χ2n) is 3.54. The van der Waals surface area contributed by atoms with Crippen LogP contribution in [0, 0.1) is 30.0 Å². The Morgan fingerprint density at radius 3 is 2.56 bits per heavy atom. The van der Waals surface area contributed by atoms with Gasteiger partial charge in [0.25, 0.3) is 0 Å². The normalized spacial score (nSPS) is 11.6. The van der Waals surface area contributed by atoms with Gasteiger partial charge in [-0.15, -0.1) is 6.42 Å². The standard InChI is InChI=1S/C15H9F2O/c1-2-14(18-11-7-4-3-5-8-11)12-9-6-10-13(16)15(12)17/h1,4-10,14H. The van der Waals surface area contributed by atoms with Gasteiger partial charge in [-0.2, -0.15) is 0 Å². The summed E-state index contributed by atoms with van der Waals surface area (Å²) in [4.78, 5) is 0. The van der Waals surface area contributed by atoms with Gasteiger partial charge in [0.1, 0.15) is 5.75 Å². The summed E-state index contributed by atoms with van der Waals surface area (Å²) < 4.78 is 32.1. The highest BCUT2D eigenvalue weighted by Crippen LogP contribution is 2.24. The smallest absolute Gasteiger partial charge is 0.187 e. The van der Waals surface area contributed by atoms with Gasteiger partial charge >= 0.3 is 0 Å². The second-order valence-corrected chi connectivity index (χ2v) is 3.54.